The van der Waals surface area contributed by atoms with Crippen molar-refractivity contribution in [1.29, 1.82) is 0 Å². The van der Waals surface area contributed by atoms with Crippen LogP contribution in [0.15, 0.2) is 28.8 Å². The molecule has 1 aromatic carbocycles. The summed E-state index contributed by atoms with van der Waals surface area (Å²) in [6, 6.07) is 7.20. The van der Waals surface area contributed by atoms with Gasteiger partial charge < -0.3 is 14.7 Å². The van der Waals surface area contributed by atoms with Crippen molar-refractivity contribution in [3.05, 3.63) is 52.4 Å². The summed E-state index contributed by atoms with van der Waals surface area (Å²) >= 11 is 0. The van der Waals surface area contributed by atoms with Crippen molar-refractivity contribution in [2.75, 3.05) is 14.1 Å². The molecule has 23 heavy (non-hydrogen) atoms. The van der Waals surface area contributed by atoms with Gasteiger partial charge >= 0.3 is 0 Å². The number of carbonyl (C=O) groups excluding carboxylic acids is 2. The lowest BCUT2D eigenvalue weighted by Gasteiger charge is -2.11. The molecule has 1 aromatic heterocycles. The zero-order valence-corrected chi connectivity index (χ0v) is 13.8. The minimum atomic E-state index is -0.0900. The summed E-state index contributed by atoms with van der Waals surface area (Å²) in [5.41, 5.74) is 3.13. The van der Waals surface area contributed by atoms with Gasteiger partial charge in [0.2, 0.25) is 5.91 Å². The molecule has 6 heteroatoms. The Labute approximate surface area is 135 Å². The van der Waals surface area contributed by atoms with Crippen molar-refractivity contribution < 1.29 is 14.1 Å². The topological polar surface area (TPSA) is 75.4 Å². The third-order valence-corrected chi connectivity index (χ3v) is 3.62. The molecule has 0 bridgehead atoms. The van der Waals surface area contributed by atoms with E-state index in [4.69, 9.17) is 4.52 Å². The van der Waals surface area contributed by atoms with Crippen LogP contribution in [0.25, 0.3) is 0 Å². The quantitative estimate of drug-likeness (QED) is 0.913. The zero-order chi connectivity index (χ0) is 17.0. The van der Waals surface area contributed by atoms with Crippen LogP contribution in [0.5, 0.6) is 0 Å². The summed E-state index contributed by atoms with van der Waals surface area (Å²) in [5.74, 6) is 0.538. The Morgan fingerprint density at radius 2 is 1.83 bits per heavy atom. The highest BCUT2D eigenvalue weighted by molar-refractivity contribution is 5.93. The molecule has 0 atom stereocenters. The monoisotopic (exact) mass is 315 g/mol. The second-order valence-electron chi connectivity index (χ2n) is 5.65. The Morgan fingerprint density at radius 3 is 2.35 bits per heavy atom. The zero-order valence-electron chi connectivity index (χ0n) is 13.8. The van der Waals surface area contributed by atoms with Gasteiger partial charge in [-0.3, -0.25) is 9.59 Å². The molecule has 0 aliphatic carbocycles. The Bertz CT molecular complexity index is 683. The van der Waals surface area contributed by atoms with E-state index >= 15 is 0 Å². The van der Waals surface area contributed by atoms with Gasteiger partial charge in [-0.05, 0) is 31.5 Å². The molecule has 0 spiro atoms. The molecule has 2 aromatic rings. The number of amides is 2. The van der Waals surface area contributed by atoms with Crippen LogP contribution in [0.3, 0.4) is 0 Å². The summed E-state index contributed by atoms with van der Waals surface area (Å²) in [5, 5.41) is 6.70. The highest BCUT2D eigenvalue weighted by Gasteiger charge is 2.13. The van der Waals surface area contributed by atoms with Crippen LogP contribution >= 0.6 is 0 Å². The van der Waals surface area contributed by atoms with E-state index in [-0.39, 0.29) is 18.2 Å². The van der Waals surface area contributed by atoms with E-state index in [1.807, 2.05) is 19.1 Å². The third kappa shape index (κ3) is 4.18. The minimum Gasteiger partial charge on any atom is -0.361 e. The second kappa shape index (κ2) is 7.09. The van der Waals surface area contributed by atoms with E-state index in [0.29, 0.717) is 17.9 Å². The van der Waals surface area contributed by atoms with Crippen LogP contribution < -0.4 is 5.32 Å². The van der Waals surface area contributed by atoms with Crippen molar-refractivity contribution in [2.45, 2.75) is 26.8 Å². The van der Waals surface area contributed by atoms with Crippen LogP contribution in [0.1, 0.15) is 32.9 Å². The molecule has 1 N–H and O–H groups in total. The summed E-state index contributed by atoms with van der Waals surface area (Å²) < 4.78 is 5.05. The predicted octanol–water partition coefficient (Wildman–Crippen LogP) is 1.85. The number of aromatic nitrogens is 1. The van der Waals surface area contributed by atoms with Crippen molar-refractivity contribution in [1.82, 2.24) is 15.4 Å². The average Bonchev–Trinajstić information content (AvgIpc) is 2.84. The molecule has 122 valence electrons. The summed E-state index contributed by atoms with van der Waals surface area (Å²) in [4.78, 5) is 25.3. The number of hydrogen-bond acceptors (Lipinski definition) is 4. The van der Waals surface area contributed by atoms with Gasteiger partial charge in [-0.1, -0.05) is 17.3 Å². The van der Waals surface area contributed by atoms with Gasteiger partial charge in [-0.2, -0.15) is 0 Å². The van der Waals surface area contributed by atoms with Crippen LogP contribution in [0, 0.1) is 13.8 Å². The molecule has 0 fully saturated rings. The Balaban J connectivity index is 1.91. The van der Waals surface area contributed by atoms with Crippen molar-refractivity contribution >= 4 is 11.8 Å². The molecule has 6 nitrogen and oxygen atoms in total. The van der Waals surface area contributed by atoms with E-state index < -0.39 is 0 Å². The van der Waals surface area contributed by atoms with Gasteiger partial charge in [-0.25, -0.2) is 0 Å². The lowest BCUT2D eigenvalue weighted by atomic mass is 10.1. The van der Waals surface area contributed by atoms with Gasteiger partial charge in [0.05, 0.1) is 12.1 Å². The largest absolute Gasteiger partial charge is 0.361 e. The Hall–Kier alpha value is -2.63. The number of rotatable bonds is 5. The average molecular weight is 315 g/mol. The summed E-state index contributed by atoms with van der Waals surface area (Å²) in [6.45, 7) is 4.03. The lowest BCUT2D eigenvalue weighted by Crippen LogP contribution is -2.25. The van der Waals surface area contributed by atoms with Crippen LogP contribution in [-0.4, -0.2) is 36.0 Å². The smallest absolute Gasteiger partial charge is 0.253 e. The van der Waals surface area contributed by atoms with E-state index in [2.05, 4.69) is 10.5 Å². The fraction of sp³-hybridized carbons (Fsp3) is 0.353. The molecule has 0 saturated carbocycles. The first-order valence-electron chi connectivity index (χ1n) is 7.37. The second-order valence-corrected chi connectivity index (χ2v) is 5.65. The molecule has 0 aliphatic heterocycles. The number of benzene rings is 1. The van der Waals surface area contributed by atoms with E-state index in [0.717, 1.165) is 16.8 Å². The molecule has 0 saturated heterocycles. The van der Waals surface area contributed by atoms with Crippen molar-refractivity contribution in [3.8, 4) is 0 Å². The normalized spacial score (nSPS) is 10.4. The number of hydrogen-bond donors (Lipinski definition) is 1. The van der Waals surface area contributed by atoms with Gasteiger partial charge in [-0.15, -0.1) is 0 Å². The lowest BCUT2D eigenvalue weighted by molar-refractivity contribution is -0.120. The highest BCUT2D eigenvalue weighted by Crippen LogP contribution is 2.13. The number of carbonyl (C=O) groups is 2. The number of nitrogens with zero attached hydrogens (tertiary/aromatic N) is 2. The summed E-state index contributed by atoms with van der Waals surface area (Å²) in [7, 11) is 3.43. The standard InChI is InChI=1S/C17H21N3O3/c1-11-15(12(2)23-19-11)9-16(21)18-10-13-5-7-14(8-6-13)17(22)20(3)4/h5-8H,9-10H2,1-4H3,(H,18,21). The SMILES string of the molecule is Cc1noc(C)c1CC(=O)NCc1ccc(C(=O)N(C)C)cc1. The van der Waals surface area contributed by atoms with Crippen molar-refractivity contribution in [3.63, 3.8) is 0 Å². The first-order valence-corrected chi connectivity index (χ1v) is 7.37. The molecular formula is C17H21N3O3. The number of nitrogens with one attached hydrogen (secondary N) is 1. The Morgan fingerprint density at radius 1 is 1.17 bits per heavy atom. The van der Waals surface area contributed by atoms with E-state index in [1.54, 1.807) is 33.2 Å². The fourth-order valence-corrected chi connectivity index (χ4v) is 2.20. The maximum atomic E-state index is 12.0. The first kappa shape index (κ1) is 16.7. The fourth-order valence-electron chi connectivity index (χ4n) is 2.20. The van der Waals surface area contributed by atoms with Crippen LogP contribution in [0.2, 0.25) is 0 Å². The van der Waals surface area contributed by atoms with Crippen molar-refractivity contribution in [2.24, 2.45) is 0 Å². The maximum Gasteiger partial charge on any atom is 0.253 e. The van der Waals surface area contributed by atoms with Crippen LogP contribution in [-0.2, 0) is 17.8 Å². The molecule has 0 unspecified atom stereocenters. The van der Waals surface area contributed by atoms with Crippen LogP contribution in [0.4, 0.5) is 0 Å². The highest BCUT2D eigenvalue weighted by atomic mass is 16.5. The first-order chi connectivity index (χ1) is 10.9. The molecule has 0 aliphatic rings. The Kier molecular flexibility index (Phi) is 5.16. The van der Waals surface area contributed by atoms with Gasteiger partial charge in [0.1, 0.15) is 5.76 Å². The third-order valence-electron chi connectivity index (χ3n) is 3.62. The van der Waals surface area contributed by atoms with Gasteiger partial charge in [0, 0.05) is 31.8 Å². The number of aryl methyl sites for hydroxylation is 2. The molecule has 0 radical (unpaired) electrons. The molecule has 1 heterocycles. The summed E-state index contributed by atoms with van der Waals surface area (Å²) in [6.07, 6.45) is 0.248. The molecule has 2 amide bonds. The predicted molar refractivity (Wildman–Crippen MR) is 86.0 cm³/mol. The minimum absolute atomic E-state index is 0.0426. The maximum absolute atomic E-state index is 12.0. The van der Waals surface area contributed by atoms with Gasteiger partial charge in [0.15, 0.2) is 0 Å². The van der Waals surface area contributed by atoms with Gasteiger partial charge in [0.25, 0.3) is 5.91 Å². The van der Waals surface area contributed by atoms with E-state index in [9.17, 15) is 9.59 Å². The molecular weight excluding hydrogens is 294 g/mol. The molecule has 2 rings (SSSR count). The van der Waals surface area contributed by atoms with E-state index in [1.165, 1.54) is 4.90 Å².